The number of carboxylic acids is 1. The smallest absolute Gasteiger partial charge is 0.333 e. The Balaban J connectivity index is 1.34. The first-order valence-electron chi connectivity index (χ1n) is 25.2. The molecule has 0 spiro atoms. The standard InChI is InChI=1S/C58H70N2O2S4/c1-7-12-16-20-26-40-34-45(39-48(59-6)58(61)62)63-55(40)51-37-42(28-22-18-14-9-3)57(65-51)53-38-43(29-23-19-15-10-4)56(66-53)52-36-41(27-21-17-13-8-2)54(64-52)44-32-33-50-47(35-44)46-30-24-25-31-49(46)60(50)11-5/h24-25,30-39H,7-23,26-29H2,1-5H3,(H,61,62). The van der Waals surface area contributed by atoms with Gasteiger partial charge < -0.3 is 9.67 Å². The number of rotatable bonds is 27. The van der Waals surface area contributed by atoms with Crippen LogP contribution in [0.2, 0.25) is 0 Å². The Labute approximate surface area is 411 Å². The molecule has 0 saturated heterocycles. The zero-order valence-corrected chi connectivity index (χ0v) is 43.4. The molecule has 1 N–H and O–H groups in total. The number of carboxylic acid groups (broad SMARTS) is 1. The summed E-state index contributed by atoms with van der Waals surface area (Å²) < 4.78 is 2.46. The number of para-hydroxylation sites is 1. The summed E-state index contributed by atoms with van der Waals surface area (Å²) in [6, 6.07) is 25.9. The lowest BCUT2D eigenvalue weighted by molar-refractivity contribution is -0.132. The van der Waals surface area contributed by atoms with Gasteiger partial charge in [0.05, 0.1) is 6.57 Å². The van der Waals surface area contributed by atoms with Crippen LogP contribution in [-0.4, -0.2) is 15.6 Å². The van der Waals surface area contributed by atoms with E-state index >= 15 is 0 Å². The van der Waals surface area contributed by atoms with Crippen LogP contribution in [0.4, 0.5) is 0 Å². The van der Waals surface area contributed by atoms with E-state index in [1.807, 2.05) is 34.0 Å². The summed E-state index contributed by atoms with van der Waals surface area (Å²) >= 11 is 7.61. The van der Waals surface area contributed by atoms with Gasteiger partial charge in [-0.05, 0) is 135 Å². The zero-order chi connectivity index (χ0) is 46.4. The van der Waals surface area contributed by atoms with E-state index in [1.54, 1.807) is 17.4 Å². The molecule has 66 heavy (non-hydrogen) atoms. The molecule has 348 valence electrons. The van der Waals surface area contributed by atoms with Crippen molar-refractivity contribution in [2.24, 2.45) is 0 Å². The molecule has 0 unspecified atom stereocenters. The second-order valence-electron chi connectivity index (χ2n) is 18.1. The van der Waals surface area contributed by atoms with Gasteiger partial charge in [0.15, 0.2) is 0 Å². The summed E-state index contributed by atoms with van der Waals surface area (Å²) in [7, 11) is 0. The number of hydrogen-bond acceptors (Lipinski definition) is 5. The minimum absolute atomic E-state index is 0.230. The van der Waals surface area contributed by atoms with Gasteiger partial charge in [0.2, 0.25) is 0 Å². The van der Waals surface area contributed by atoms with E-state index in [4.69, 9.17) is 6.57 Å². The molecule has 0 aliphatic rings. The van der Waals surface area contributed by atoms with E-state index in [0.717, 1.165) is 43.5 Å². The number of nitrogens with zero attached hydrogens (tertiary/aromatic N) is 2. The van der Waals surface area contributed by atoms with Crippen LogP contribution in [0.5, 0.6) is 0 Å². The molecule has 5 heterocycles. The van der Waals surface area contributed by atoms with Crippen LogP contribution in [-0.2, 0) is 37.0 Å². The first-order chi connectivity index (χ1) is 32.3. The lowest BCUT2D eigenvalue weighted by Gasteiger charge is -2.06. The third-order valence-corrected chi connectivity index (χ3v) is 18.3. The highest BCUT2D eigenvalue weighted by Gasteiger charge is 2.23. The molecule has 7 rings (SSSR count). The van der Waals surface area contributed by atoms with E-state index in [-0.39, 0.29) is 5.70 Å². The fraction of sp³-hybridized carbons (Fsp3) is 0.448. The summed E-state index contributed by atoms with van der Waals surface area (Å²) in [6.45, 7) is 19.9. The van der Waals surface area contributed by atoms with Crippen LogP contribution in [0.1, 0.15) is 164 Å². The molecule has 0 aliphatic carbocycles. The van der Waals surface area contributed by atoms with Crippen molar-refractivity contribution in [2.45, 2.75) is 170 Å². The molecule has 0 atom stereocenters. The van der Waals surface area contributed by atoms with Crippen molar-refractivity contribution in [3.63, 3.8) is 0 Å². The average Bonchev–Trinajstić information content (AvgIpc) is 4.17. The van der Waals surface area contributed by atoms with Crippen molar-refractivity contribution >= 4 is 79.2 Å². The number of aliphatic carboxylic acids is 1. The van der Waals surface area contributed by atoms with Crippen molar-refractivity contribution in [3.05, 3.63) is 111 Å². The van der Waals surface area contributed by atoms with E-state index in [0.29, 0.717) is 0 Å². The monoisotopic (exact) mass is 954 g/mol. The third-order valence-electron chi connectivity index (χ3n) is 13.1. The van der Waals surface area contributed by atoms with Gasteiger partial charge in [-0.25, -0.2) is 4.85 Å². The Bertz CT molecular complexity index is 2760. The van der Waals surface area contributed by atoms with E-state index < -0.39 is 5.97 Å². The van der Waals surface area contributed by atoms with Crippen LogP contribution in [0.15, 0.2) is 72.4 Å². The van der Waals surface area contributed by atoms with Gasteiger partial charge in [-0.2, -0.15) is 0 Å². The minimum atomic E-state index is -1.17. The predicted octanol–water partition coefficient (Wildman–Crippen LogP) is 19.6. The first-order valence-corrected chi connectivity index (χ1v) is 28.4. The molecule has 0 fully saturated rings. The van der Waals surface area contributed by atoms with Crippen LogP contribution >= 0.6 is 45.3 Å². The van der Waals surface area contributed by atoms with Crippen molar-refractivity contribution < 1.29 is 9.90 Å². The van der Waals surface area contributed by atoms with Gasteiger partial charge in [0, 0.05) is 67.4 Å². The summed E-state index contributed by atoms with van der Waals surface area (Å²) in [6.07, 6.45) is 25.3. The molecule has 4 nitrogen and oxygen atoms in total. The van der Waals surface area contributed by atoms with Crippen molar-refractivity contribution in [1.82, 2.24) is 4.57 Å². The highest BCUT2D eigenvalue weighted by atomic mass is 32.1. The average molecular weight is 955 g/mol. The Kier molecular flexibility index (Phi) is 18.6. The predicted molar refractivity (Wildman–Crippen MR) is 292 cm³/mol. The largest absolute Gasteiger partial charge is 0.486 e. The molecule has 0 amide bonds. The number of unbranched alkanes of at least 4 members (excludes halogenated alkanes) is 12. The van der Waals surface area contributed by atoms with Crippen LogP contribution in [0.3, 0.4) is 0 Å². The van der Waals surface area contributed by atoms with Crippen LogP contribution in [0.25, 0.3) is 72.4 Å². The van der Waals surface area contributed by atoms with Gasteiger partial charge in [0.1, 0.15) is 0 Å². The van der Waals surface area contributed by atoms with E-state index in [1.165, 1.54) is 180 Å². The Morgan fingerprint density at radius 3 is 1.48 bits per heavy atom. The van der Waals surface area contributed by atoms with E-state index in [9.17, 15) is 9.90 Å². The maximum absolute atomic E-state index is 11.9. The van der Waals surface area contributed by atoms with Crippen molar-refractivity contribution in [2.75, 3.05) is 0 Å². The first kappa shape index (κ1) is 49.6. The van der Waals surface area contributed by atoms with Gasteiger partial charge in [-0.15, -0.1) is 45.3 Å². The minimum Gasteiger partial charge on any atom is -0.486 e. The molecular formula is C58H70N2O2S4. The maximum atomic E-state index is 11.9. The van der Waals surface area contributed by atoms with Crippen LogP contribution in [0, 0.1) is 6.57 Å². The lowest BCUT2D eigenvalue weighted by atomic mass is 10.0. The number of carbonyl (C=O) groups is 1. The van der Waals surface area contributed by atoms with Gasteiger partial charge in [0.25, 0.3) is 5.70 Å². The normalized spacial score (nSPS) is 12.0. The molecule has 2 aromatic carbocycles. The molecule has 0 saturated carbocycles. The summed E-state index contributed by atoms with van der Waals surface area (Å²) in [5.41, 5.74) is 9.43. The highest BCUT2D eigenvalue weighted by Crippen LogP contribution is 2.50. The number of aromatic nitrogens is 1. The molecule has 8 heteroatoms. The number of aryl methyl sites for hydroxylation is 5. The van der Waals surface area contributed by atoms with Crippen molar-refractivity contribution in [3.8, 4) is 39.7 Å². The highest BCUT2D eigenvalue weighted by molar-refractivity contribution is 7.29. The lowest BCUT2D eigenvalue weighted by Crippen LogP contribution is -1.94. The molecule has 0 radical (unpaired) electrons. The van der Waals surface area contributed by atoms with Gasteiger partial charge in [-0.1, -0.05) is 129 Å². The summed E-state index contributed by atoms with van der Waals surface area (Å²) in [5.74, 6) is -1.17. The van der Waals surface area contributed by atoms with Gasteiger partial charge >= 0.3 is 5.97 Å². The zero-order valence-electron chi connectivity index (χ0n) is 40.2. The molecule has 5 aromatic heterocycles. The Hall–Kier alpha value is -4.26. The SMILES string of the molecule is [C-]#[N+]C(=Cc1cc(CCCCCC)c(-c2cc(CCCCCC)c(-c3cc(CCCCCC)c(-c4cc(CCCCCC)c(-c5ccc6c(c5)c5ccccc5n6CC)s4)s3)s2)s1)C(=O)O. The number of thiophene rings is 4. The fourth-order valence-electron chi connectivity index (χ4n) is 9.54. The number of benzene rings is 2. The Morgan fingerprint density at radius 2 is 1.00 bits per heavy atom. The van der Waals surface area contributed by atoms with Gasteiger partial charge in [-0.3, -0.25) is 4.79 Å². The Morgan fingerprint density at radius 1 is 0.545 bits per heavy atom. The second-order valence-corrected chi connectivity index (χ2v) is 22.3. The van der Waals surface area contributed by atoms with Crippen LogP contribution < -0.4 is 0 Å². The number of hydrogen-bond donors (Lipinski definition) is 1. The van der Waals surface area contributed by atoms with E-state index in [2.05, 4.69) is 111 Å². The molecular weight excluding hydrogens is 885 g/mol. The number of fused-ring (bicyclic) bond motifs is 3. The molecule has 7 aromatic rings. The topological polar surface area (TPSA) is 46.6 Å². The third kappa shape index (κ3) is 11.9. The molecule has 0 bridgehead atoms. The summed E-state index contributed by atoms with van der Waals surface area (Å²) in [5, 5.41) is 12.4. The molecule has 0 aliphatic heterocycles. The fourth-order valence-corrected chi connectivity index (χ4v) is 14.7. The summed E-state index contributed by atoms with van der Waals surface area (Å²) in [4.78, 5) is 25.7. The second kappa shape index (κ2) is 24.7. The quantitative estimate of drug-likeness (QED) is 0.0317. The van der Waals surface area contributed by atoms with Crippen molar-refractivity contribution in [1.29, 1.82) is 0 Å². The maximum Gasteiger partial charge on any atom is 0.333 e.